The highest BCUT2D eigenvalue weighted by Crippen LogP contribution is 2.32. The van der Waals surface area contributed by atoms with E-state index in [1.807, 2.05) is 0 Å². The molecule has 5 nitrogen and oxygen atoms in total. The van der Waals surface area contributed by atoms with Gasteiger partial charge in [0.1, 0.15) is 6.29 Å². The minimum atomic E-state index is -0.819. The van der Waals surface area contributed by atoms with E-state index in [-0.39, 0.29) is 5.57 Å². The first-order valence-electron chi connectivity index (χ1n) is 4.46. The highest BCUT2D eigenvalue weighted by Gasteiger charge is 2.41. The number of hydrogen-bond acceptors (Lipinski definition) is 5. The van der Waals surface area contributed by atoms with Crippen molar-refractivity contribution in [1.29, 1.82) is 0 Å². The number of carbonyl (C=O) groups is 3. The van der Waals surface area contributed by atoms with Crippen LogP contribution in [-0.4, -0.2) is 32.4 Å². The average molecular weight is 212 g/mol. The fourth-order valence-electron chi connectivity index (χ4n) is 1.69. The summed E-state index contributed by atoms with van der Waals surface area (Å²) in [6.07, 6.45) is 2.47. The Balaban J connectivity index is 2.90. The van der Waals surface area contributed by atoms with Crippen LogP contribution in [0.1, 0.15) is 6.42 Å². The number of aldehydes is 1. The van der Waals surface area contributed by atoms with Crippen LogP contribution in [0, 0.1) is 11.8 Å². The van der Waals surface area contributed by atoms with Crippen molar-refractivity contribution in [1.82, 2.24) is 0 Å². The third kappa shape index (κ3) is 2.06. The summed E-state index contributed by atoms with van der Waals surface area (Å²) in [7, 11) is 2.47. The maximum absolute atomic E-state index is 11.4. The molecule has 15 heavy (non-hydrogen) atoms. The maximum atomic E-state index is 11.4. The van der Waals surface area contributed by atoms with Crippen molar-refractivity contribution >= 4 is 18.2 Å². The van der Waals surface area contributed by atoms with E-state index in [9.17, 15) is 14.4 Å². The number of ether oxygens (including phenoxy) is 2. The van der Waals surface area contributed by atoms with Crippen LogP contribution in [0.3, 0.4) is 0 Å². The SMILES string of the molecule is COC(=O)[C@@H]1C(C=O)=CC[C@@H]1C(=O)OC. The van der Waals surface area contributed by atoms with Gasteiger partial charge in [-0.15, -0.1) is 0 Å². The summed E-state index contributed by atoms with van der Waals surface area (Å²) < 4.78 is 9.10. The largest absolute Gasteiger partial charge is 0.469 e. The molecular weight excluding hydrogens is 200 g/mol. The van der Waals surface area contributed by atoms with Gasteiger partial charge in [0.05, 0.1) is 26.1 Å². The molecule has 82 valence electrons. The first-order chi connectivity index (χ1) is 7.15. The zero-order valence-corrected chi connectivity index (χ0v) is 8.56. The smallest absolute Gasteiger partial charge is 0.314 e. The molecule has 1 rings (SSSR count). The standard InChI is InChI=1S/C10H12O5/c1-14-9(12)7-4-3-6(5-11)8(7)10(13)15-2/h3,5,7-8H,4H2,1-2H3/t7-,8+/m0/s1. The molecule has 0 amide bonds. The van der Waals surface area contributed by atoms with Gasteiger partial charge >= 0.3 is 11.9 Å². The van der Waals surface area contributed by atoms with Gasteiger partial charge in [0.25, 0.3) is 0 Å². The fourth-order valence-corrected chi connectivity index (χ4v) is 1.69. The molecular formula is C10H12O5. The molecule has 0 spiro atoms. The molecule has 0 N–H and O–H groups in total. The Hall–Kier alpha value is -1.65. The molecule has 0 aromatic rings. The number of hydrogen-bond donors (Lipinski definition) is 0. The van der Waals surface area contributed by atoms with E-state index in [1.54, 1.807) is 6.08 Å². The number of carbonyl (C=O) groups excluding carboxylic acids is 3. The van der Waals surface area contributed by atoms with Crippen LogP contribution in [0.15, 0.2) is 11.6 Å². The summed E-state index contributed by atoms with van der Waals surface area (Å²) in [5.41, 5.74) is 0.289. The van der Waals surface area contributed by atoms with Crippen LogP contribution in [0.5, 0.6) is 0 Å². The second-order valence-corrected chi connectivity index (χ2v) is 3.19. The molecule has 0 fully saturated rings. The molecule has 1 aliphatic rings. The van der Waals surface area contributed by atoms with E-state index in [4.69, 9.17) is 0 Å². The Kier molecular flexibility index (Phi) is 3.60. The lowest BCUT2D eigenvalue weighted by Crippen LogP contribution is -2.29. The molecule has 5 heteroatoms. The zero-order chi connectivity index (χ0) is 11.4. The van der Waals surface area contributed by atoms with Crippen molar-refractivity contribution in [2.75, 3.05) is 14.2 Å². The van der Waals surface area contributed by atoms with Gasteiger partial charge in [-0.1, -0.05) is 6.08 Å². The fraction of sp³-hybridized carbons (Fsp3) is 0.500. The minimum Gasteiger partial charge on any atom is -0.469 e. The number of methoxy groups -OCH3 is 2. The lowest BCUT2D eigenvalue weighted by molar-refractivity contribution is -0.155. The van der Waals surface area contributed by atoms with Gasteiger partial charge in [-0.25, -0.2) is 0 Å². The predicted molar refractivity (Wildman–Crippen MR) is 49.8 cm³/mol. The van der Waals surface area contributed by atoms with E-state index in [0.717, 1.165) is 0 Å². The highest BCUT2D eigenvalue weighted by molar-refractivity contribution is 5.93. The van der Waals surface area contributed by atoms with Crippen LogP contribution in [0.25, 0.3) is 0 Å². The van der Waals surface area contributed by atoms with Gasteiger partial charge < -0.3 is 9.47 Å². The van der Waals surface area contributed by atoms with E-state index >= 15 is 0 Å². The summed E-state index contributed by atoms with van der Waals surface area (Å²) in [5.74, 6) is -2.54. The molecule has 0 saturated carbocycles. The van der Waals surface area contributed by atoms with Gasteiger partial charge in [0, 0.05) is 5.57 Å². The Labute approximate surface area is 87.0 Å². The minimum absolute atomic E-state index is 0.289. The first kappa shape index (κ1) is 11.4. The Bertz CT molecular complexity index is 318. The predicted octanol–water partition coefficient (Wildman–Crippen LogP) is 0.0938. The normalized spacial score (nSPS) is 24.3. The number of rotatable bonds is 3. The topological polar surface area (TPSA) is 69.7 Å². The van der Waals surface area contributed by atoms with Gasteiger partial charge in [0.2, 0.25) is 0 Å². The first-order valence-corrected chi connectivity index (χ1v) is 4.46. The Morgan fingerprint density at radius 2 is 1.93 bits per heavy atom. The maximum Gasteiger partial charge on any atom is 0.314 e. The summed E-state index contributed by atoms with van der Waals surface area (Å²) in [6.45, 7) is 0. The van der Waals surface area contributed by atoms with E-state index < -0.39 is 23.8 Å². The summed E-state index contributed by atoms with van der Waals surface area (Å²) in [5, 5.41) is 0. The molecule has 0 radical (unpaired) electrons. The Morgan fingerprint density at radius 3 is 2.40 bits per heavy atom. The van der Waals surface area contributed by atoms with Crippen molar-refractivity contribution < 1.29 is 23.9 Å². The van der Waals surface area contributed by atoms with Crippen molar-refractivity contribution in [3.63, 3.8) is 0 Å². The average Bonchev–Trinajstić information content (AvgIpc) is 2.70. The molecule has 0 aromatic carbocycles. The number of allylic oxidation sites excluding steroid dienone is 1. The Morgan fingerprint density at radius 1 is 1.33 bits per heavy atom. The molecule has 0 aliphatic heterocycles. The van der Waals surface area contributed by atoms with E-state index in [0.29, 0.717) is 12.7 Å². The second kappa shape index (κ2) is 4.72. The molecule has 1 aliphatic carbocycles. The highest BCUT2D eigenvalue weighted by atomic mass is 16.5. The van der Waals surface area contributed by atoms with Gasteiger partial charge in [-0.05, 0) is 6.42 Å². The summed E-state index contributed by atoms with van der Waals surface area (Å²) in [4.78, 5) is 33.4. The van der Waals surface area contributed by atoms with Crippen molar-refractivity contribution in [2.45, 2.75) is 6.42 Å². The van der Waals surface area contributed by atoms with Crippen LogP contribution in [-0.2, 0) is 23.9 Å². The van der Waals surface area contributed by atoms with Gasteiger partial charge in [-0.3, -0.25) is 14.4 Å². The number of esters is 2. The summed E-state index contributed by atoms with van der Waals surface area (Å²) in [6, 6.07) is 0. The molecule has 0 bridgehead atoms. The summed E-state index contributed by atoms with van der Waals surface area (Å²) >= 11 is 0. The van der Waals surface area contributed by atoms with E-state index in [1.165, 1.54) is 14.2 Å². The van der Waals surface area contributed by atoms with Crippen LogP contribution in [0.4, 0.5) is 0 Å². The second-order valence-electron chi connectivity index (χ2n) is 3.19. The zero-order valence-electron chi connectivity index (χ0n) is 8.56. The molecule has 0 aromatic heterocycles. The third-order valence-electron chi connectivity index (χ3n) is 2.46. The van der Waals surface area contributed by atoms with Gasteiger partial charge in [-0.2, -0.15) is 0 Å². The molecule has 0 heterocycles. The van der Waals surface area contributed by atoms with Crippen LogP contribution < -0.4 is 0 Å². The third-order valence-corrected chi connectivity index (χ3v) is 2.46. The molecule has 2 atom stereocenters. The van der Waals surface area contributed by atoms with Crippen LogP contribution >= 0.6 is 0 Å². The lowest BCUT2D eigenvalue weighted by Gasteiger charge is -2.16. The molecule has 0 saturated heterocycles. The monoisotopic (exact) mass is 212 g/mol. The van der Waals surface area contributed by atoms with Crippen molar-refractivity contribution in [2.24, 2.45) is 11.8 Å². The van der Waals surface area contributed by atoms with Crippen molar-refractivity contribution in [3.05, 3.63) is 11.6 Å². The quantitative estimate of drug-likeness (QED) is 0.490. The molecule has 0 unspecified atom stereocenters. The van der Waals surface area contributed by atoms with Crippen LogP contribution in [0.2, 0.25) is 0 Å². The van der Waals surface area contributed by atoms with Gasteiger partial charge in [0.15, 0.2) is 0 Å². The van der Waals surface area contributed by atoms with E-state index in [2.05, 4.69) is 9.47 Å². The van der Waals surface area contributed by atoms with Crippen molar-refractivity contribution in [3.8, 4) is 0 Å². The lowest BCUT2D eigenvalue weighted by atomic mass is 9.91.